The molecule has 0 N–H and O–H groups in total. The van der Waals surface area contributed by atoms with Crippen LogP contribution in [-0.4, -0.2) is 44.4 Å². The lowest BCUT2D eigenvalue weighted by atomic mass is 9.78. The van der Waals surface area contributed by atoms with E-state index in [1.807, 2.05) is 0 Å². The quantitative estimate of drug-likeness (QED) is 0.750. The highest BCUT2D eigenvalue weighted by Crippen LogP contribution is 2.37. The van der Waals surface area contributed by atoms with E-state index in [-0.39, 0.29) is 17.4 Å². The molecule has 0 aromatic heterocycles. The number of rotatable bonds is 2. The van der Waals surface area contributed by atoms with Crippen LogP contribution >= 0.6 is 0 Å². The number of hydrogen-bond acceptors (Lipinski definition) is 4. The maximum absolute atomic E-state index is 12.5. The fourth-order valence-electron chi connectivity index (χ4n) is 3.45. The van der Waals surface area contributed by atoms with Gasteiger partial charge >= 0.3 is 0 Å². The van der Waals surface area contributed by atoms with E-state index in [2.05, 4.69) is 0 Å². The van der Waals surface area contributed by atoms with Gasteiger partial charge in [-0.1, -0.05) is 0 Å². The van der Waals surface area contributed by atoms with Crippen LogP contribution in [0.15, 0.2) is 0 Å². The van der Waals surface area contributed by atoms with Crippen molar-refractivity contribution in [1.29, 1.82) is 0 Å². The van der Waals surface area contributed by atoms with Gasteiger partial charge in [0.15, 0.2) is 0 Å². The molecule has 0 amide bonds. The lowest BCUT2D eigenvalue weighted by molar-refractivity contribution is -0.143. The normalized spacial score (nSPS) is 38.1. The fraction of sp³-hybridized carbons (Fsp3) is 0.929. The Kier molecular flexibility index (Phi) is 3.68. The van der Waals surface area contributed by atoms with Crippen LogP contribution in [0, 0.1) is 11.8 Å². The molecule has 2 unspecified atom stereocenters. The molecular weight excluding hydrogens is 232 g/mol. The molecule has 102 valence electrons. The average molecular weight is 254 g/mol. The van der Waals surface area contributed by atoms with Gasteiger partial charge < -0.3 is 14.2 Å². The lowest BCUT2D eigenvalue weighted by Gasteiger charge is -2.38. The molecule has 0 aromatic carbocycles. The fourth-order valence-corrected chi connectivity index (χ4v) is 3.45. The maximum Gasteiger partial charge on any atom is 0.139 e. The van der Waals surface area contributed by atoms with Crippen LogP contribution in [0.5, 0.6) is 0 Å². The predicted octanol–water partition coefficient (Wildman–Crippen LogP) is 1.57. The number of Topliss-reactive ketones (excluding diaryl/α,β-unsaturated/α-hetero) is 1. The second kappa shape index (κ2) is 5.27. The summed E-state index contributed by atoms with van der Waals surface area (Å²) in [5, 5.41) is 0. The summed E-state index contributed by atoms with van der Waals surface area (Å²) >= 11 is 0. The van der Waals surface area contributed by atoms with Gasteiger partial charge in [-0.05, 0) is 25.7 Å². The molecule has 2 atom stereocenters. The zero-order chi connectivity index (χ0) is 12.4. The van der Waals surface area contributed by atoms with Crippen molar-refractivity contribution in [2.45, 2.75) is 37.7 Å². The summed E-state index contributed by atoms with van der Waals surface area (Å²) in [4.78, 5) is 12.5. The van der Waals surface area contributed by atoms with Gasteiger partial charge in [-0.3, -0.25) is 4.79 Å². The summed E-state index contributed by atoms with van der Waals surface area (Å²) in [6.45, 7) is 3.65. The van der Waals surface area contributed by atoms with Gasteiger partial charge in [0.1, 0.15) is 5.78 Å². The van der Waals surface area contributed by atoms with Crippen molar-refractivity contribution >= 4 is 5.78 Å². The highest BCUT2D eigenvalue weighted by Gasteiger charge is 2.44. The molecule has 0 aromatic rings. The molecule has 3 aliphatic rings. The van der Waals surface area contributed by atoms with Gasteiger partial charge in [-0.25, -0.2) is 0 Å². The summed E-state index contributed by atoms with van der Waals surface area (Å²) in [5.74, 6) is 0.859. The minimum absolute atomic E-state index is 0.149. The van der Waals surface area contributed by atoms with Crippen LogP contribution < -0.4 is 0 Å². The Morgan fingerprint density at radius 2 is 1.72 bits per heavy atom. The highest BCUT2D eigenvalue weighted by molar-refractivity contribution is 5.83. The van der Waals surface area contributed by atoms with Crippen LogP contribution in [0.3, 0.4) is 0 Å². The molecule has 0 bridgehead atoms. The van der Waals surface area contributed by atoms with E-state index >= 15 is 0 Å². The number of hydrogen-bond donors (Lipinski definition) is 0. The molecule has 18 heavy (non-hydrogen) atoms. The second-order valence-corrected chi connectivity index (χ2v) is 5.81. The van der Waals surface area contributed by atoms with Crippen molar-refractivity contribution in [3.05, 3.63) is 0 Å². The van der Waals surface area contributed by atoms with Gasteiger partial charge in [0.2, 0.25) is 0 Å². The number of ether oxygens (including phenoxy) is 3. The highest BCUT2D eigenvalue weighted by atomic mass is 16.6. The summed E-state index contributed by atoms with van der Waals surface area (Å²) in [5.41, 5.74) is -0.149. The van der Waals surface area contributed by atoms with Crippen molar-refractivity contribution < 1.29 is 19.0 Å². The van der Waals surface area contributed by atoms with Crippen LogP contribution in [0.4, 0.5) is 0 Å². The standard InChI is InChI=1S/C14H22O4/c15-13(11-1-5-16-6-2-11)12-3-7-18-14(9-12)4-8-17-10-14/h11-12H,1-10H2. The smallest absolute Gasteiger partial charge is 0.139 e. The maximum atomic E-state index is 12.5. The van der Waals surface area contributed by atoms with E-state index in [0.29, 0.717) is 19.0 Å². The molecular formula is C14H22O4. The van der Waals surface area contributed by atoms with Crippen molar-refractivity contribution in [2.75, 3.05) is 33.0 Å². The summed E-state index contributed by atoms with van der Waals surface area (Å²) in [6, 6.07) is 0. The molecule has 3 aliphatic heterocycles. The Balaban J connectivity index is 1.62. The Morgan fingerprint density at radius 1 is 0.944 bits per heavy atom. The molecule has 0 radical (unpaired) electrons. The van der Waals surface area contributed by atoms with Gasteiger partial charge in [0, 0.05) is 44.7 Å². The Bertz CT molecular complexity index is 303. The minimum Gasteiger partial charge on any atom is -0.381 e. The summed E-state index contributed by atoms with van der Waals surface area (Å²) < 4.78 is 16.7. The topological polar surface area (TPSA) is 44.8 Å². The van der Waals surface area contributed by atoms with E-state index in [0.717, 1.165) is 51.9 Å². The first-order valence-corrected chi connectivity index (χ1v) is 7.12. The SMILES string of the molecule is O=C(C1CCOCC1)C1CCOC2(CCOC2)C1. The summed E-state index contributed by atoms with van der Waals surface area (Å²) in [6.07, 6.45) is 4.51. The van der Waals surface area contributed by atoms with Crippen LogP contribution in [0.2, 0.25) is 0 Å². The molecule has 3 heterocycles. The van der Waals surface area contributed by atoms with E-state index in [4.69, 9.17) is 14.2 Å². The van der Waals surface area contributed by atoms with Crippen LogP contribution in [0.25, 0.3) is 0 Å². The van der Waals surface area contributed by atoms with E-state index in [1.54, 1.807) is 0 Å². The molecule has 3 saturated heterocycles. The second-order valence-electron chi connectivity index (χ2n) is 5.81. The van der Waals surface area contributed by atoms with Crippen LogP contribution in [-0.2, 0) is 19.0 Å². The third-order valence-electron chi connectivity index (χ3n) is 4.59. The van der Waals surface area contributed by atoms with Crippen LogP contribution in [0.1, 0.15) is 32.1 Å². The van der Waals surface area contributed by atoms with E-state index in [9.17, 15) is 4.79 Å². The van der Waals surface area contributed by atoms with Gasteiger partial charge in [-0.15, -0.1) is 0 Å². The number of ketones is 1. The molecule has 0 aliphatic carbocycles. The third kappa shape index (κ3) is 2.46. The third-order valence-corrected chi connectivity index (χ3v) is 4.59. The first-order valence-electron chi connectivity index (χ1n) is 7.12. The zero-order valence-corrected chi connectivity index (χ0v) is 10.9. The first-order chi connectivity index (χ1) is 8.79. The number of carbonyl (C=O) groups is 1. The van der Waals surface area contributed by atoms with Crippen molar-refractivity contribution in [2.24, 2.45) is 11.8 Å². The van der Waals surface area contributed by atoms with E-state index in [1.165, 1.54) is 0 Å². The Hall–Kier alpha value is -0.450. The molecule has 3 fully saturated rings. The van der Waals surface area contributed by atoms with Crippen molar-refractivity contribution in [3.63, 3.8) is 0 Å². The lowest BCUT2D eigenvalue weighted by Crippen LogP contribution is -2.44. The minimum atomic E-state index is -0.149. The monoisotopic (exact) mass is 254 g/mol. The Morgan fingerprint density at radius 3 is 2.44 bits per heavy atom. The first kappa shape index (κ1) is 12.6. The zero-order valence-electron chi connectivity index (χ0n) is 10.9. The van der Waals surface area contributed by atoms with E-state index < -0.39 is 0 Å². The molecule has 4 nitrogen and oxygen atoms in total. The average Bonchev–Trinajstić information content (AvgIpc) is 2.87. The number of carbonyl (C=O) groups excluding carboxylic acids is 1. The molecule has 1 spiro atoms. The predicted molar refractivity (Wildman–Crippen MR) is 65.4 cm³/mol. The molecule has 0 saturated carbocycles. The summed E-state index contributed by atoms with van der Waals surface area (Å²) in [7, 11) is 0. The van der Waals surface area contributed by atoms with Gasteiger partial charge in [0.05, 0.1) is 12.2 Å². The van der Waals surface area contributed by atoms with Crippen molar-refractivity contribution in [3.8, 4) is 0 Å². The van der Waals surface area contributed by atoms with Gasteiger partial charge in [-0.2, -0.15) is 0 Å². The Labute approximate surface area is 108 Å². The largest absolute Gasteiger partial charge is 0.381 e. The van der Waals surface area contributed by atoms with Crippen molar-refractivity contribution in [1.82, 2.24) is 0 Å². The molecule has 4 heteroatoms. The van der Waals surface area contributed by atoms with Gasteiger partial charge in [0.25, 0.3) is 0 Å². The molecule has 3 rings (SSSR count).